The number of ether oxygens (including phenoxy) is 1. The Morgan fingerprint density at radius 2 is 1.80 bits per heavy atom. The lowest BCUT2D eigenvalue weighted by Gasteiger charge is -2.14. The summed E-state index contributed by atoms with van der Waals surface area (Å²) in [4.78, 5) is 11.2. The van der Waals surface area contributed by atoms with E-state index in [1.54, 1.807) is 42.5 Å². The minimum atomic E-state index is -1.05. The van der Waals surface area contributed by atoms with Crippen molar-refractivity contribution in [1.29, 1.82) is 0 Å². The maximum absolute atomic E-state index is 11.2. The largest absolute Gasteiger partial charge is 0.494 e. The second-order valence-corrected chi connectivity index (χ2v) is 4.30. The lowest BCUT2D eigenvalue weighted by atomic mass is 9.97. The molecule has 4 nitrogen and oxygen atoms in total. The Labute approximate surface area is 117 Å². The SMILES string of the molecule is CCOc1ccc(C(O)c2ccccc2C(=O)O)cc1. The molecular formula is C16H16O4. The average Bonchev–Trinajstić information content (AvgIpc) is 2.47. The van der Waals surface area contributed by atoms with E-state index in [1.165, 1.54) is 6.07 Å². The van der Waals surface area contributed by atoms with Crippen LogP contribution >= 0.6 is 0 Å². The standard InChI is InChI=1S/C16H16O4/c1-2-20-12-9-7-11(8-10-12)15(17)13-5-3-4-6-14(13)16(18)19/h3-10,15,17H,2H2,1H3,(H,18,19). The Balaban J connectivity index is 2.31. The van der Waals surface area contributed by atoms with E-state index in [9.17, 15) is 9.90 Å². The highest BCUT2D eigenvalue weighted by molar-refractivity contribution is 5.89. The first kappa shape index (κ1) is 14.1. The van der Waals surface area contributed by atoms with E-state index in [1.807, 2.05) is 6.92 Å². The van der Waals surface area contributed by atoms with Gasteiger partial charge in [-0.05, 0) is 36.2 Å². The molecule has 0 heterocycles. The van der Waals surface area contributed by atoms with Crippen molar-refractivity contribution in [3.05, 3.63) is 65.2 Å². The third kappa shape index (κ3) is 2.97. The number of aromatic carboxylic acids is 1. The topological polar surface area (TPSA) is 66.8 Å². The molecule has 2 aromatic carbocycles. The molecule has 0 saturated carbocycles. The van der Waals surface area contributed by atoms with Crippen LogP contribution in [-0.4, -0.2) is 22.8 Å². The highest BCUT2D eigenvalue weighted by Gasteiger charge is 2.17. The van der Waals surface area contributed by atoms with E-state index in [-0.39, 0.29) is 5.56 Å². The molecule has 0 aromatic heterocycles. The highest BCUT2D eigenvalue weighted by Crippen LogP contribution is 2.26. The highest BCUT2D eigenvalue weighted by atomic mass is 16.5. The van der Waals surface area contributed by atoms with Crippen LogP contribution in [0.2, 0.25) is 0 Å². The predicted octanol–water partition coefficient (Wildman–Crippen LogP) is 2.87. The maximum atomic E-state index is 11.2. The van der Waals surface area contributed by atoms with Gasteiger partial charge in [0.05, 0.1) is 12.2 Å². The molecule has 0 saturated heterocycles. The number of carboxylic acids is 1. The Morgan fingerprint density at radius 1 is 1.15 bits per heavy atom. The number of carbonyl (C=O) groups is 1. The fourth-order valence-electron chi connectivity index (χ4n) is 2.02. The van der Waals surface area contributed by atoms with E-state index < -0.39 is 12.1 Å². The molecule has 0 spiro atoms. The van der Waals surface area contributed by atoms with Crippen molar-refractivity contribution >= 4 is 5.97 Å². The first-order valence-corrected chi connectivity index (χ1v) is 6.36. The molecule has 0 radical (unpaired) electrons. The second kappa shape index (κ2) is 6.21. The number of hydrogen-bond acceptors (Lipinski definition) is 3. The zero-order valence-electron chi connectivity index (χ0n) is 11.1. The molecular weight excluding hydrogens is 256 g/mol. The zero-order valence-corrected chi connectivity index (χ0v) is 11.1. The predicted molar refractivity (Wildman–Crippen MR) is 75.1 cm³/mol. The summed E-state index contributed by atoms with van der Waals surface area (Å²) in [6.45, 7) is 2.47. The molecule has 104 valence electrons. The molecule has 0 fully saturated rings. The molecule has 0 aliphatic carbocycles. The van der Waals surface area contributed by atoms with Gasteiger partial charge in [-0.2, -0.15) is 0 Å². The van der Waals surface area contributed by atoms with Gasteiger partial charge < -0.3 is 14.9 Å². The van der Waals surface area contributed by atoms with Crippen molar-refractivity contribution in [1.82, 2.24) is 0 Å². The zero-order chi connectivity index (χ0) is 14.5. The molecule has 1 atom stereocenters. The smallest absolute Gasteiger partial charge is 0.336 e. The van der Waals surface area contributed by atoms with E-state index in [4.69, 9.17) is 9.84 Å². The molecule has 2 N–H and O–H groups in total. The Bertz CT molecular complexity index is 590. The van der Waals surface area contributed by atoms with Crippen LogP contribution in [0.1, 0.15) is 34.5 Å². The summed E-state index contributed by atoms with van der Waals surface area (Å²) in [5.41, 5.74) is 1.11. The fraction of sp³-hybridized carbons (Fsp3) is 0.188. The van der Waals surface area contributed by atoms with Crippen molar-refractivity contribution in [3.63, 3.8) is 0 Å². The molecule has 0 aliphatic heterocycles. The quantitative estimate of drug-likeness (QED) is 0.878. The van der Waals surface area contributed by atoms with E-state index in [2.05, 4.69) is 0 Å². The van der Waals surface area contributed by atoms with Crippen molar-refractivity contribution in [3.8, 4) is 5.75 Å². The van der Waals surface area contributed by atoms with E-state index in [0.29, 0.717) is 17.7 Å². The third-order valence-corrected chi connectivity index (χ3v) is 2.99. The summed E-state index contributed by atoms with van der Waals surface area (Å²) in [5, 5.41) is 19.5. The fourth-order valence-corrected chi connectivity index (χ4v) is 2.02. The van der Waals surface area contributed by atoms with Crippen LogP contribution in [-0.2, 0) is 0 Å². The first-order chi connectivity index (χ1) is 9.63. The average molecular weight is 272 g/mol. The van der Waals surface area contributed by atoms with Gasteiger partial charge >= 0.3 is 5.97 Å². The number of carboxylic acid groups (broad SMARTS) is 1. The summed E-state index contributed by atoms with van der Waals surface area (Å²) in [7, 11) is 0. The maximum Gasteiger partial charge on any atom is 0.336 e. The van der Waals surface area contributed by atoms with Gasteiger partial charge in [-0.1, -0.05) is 30.3 Å². The molecule has 20 heavy (non-hydrogen) atoms. The summed E-state index contributed by atoms with van der Waals surface area (Å²) in [6, 6.07) is 13.4. The Morgan fingerprint density at radius 3 is 2.40 bits per heavy atom. The summed E-state index contributed by atoms with van der Waals surface area (Å²) in [5.74, 6) is -0.333. The molecule has 1 unspecified atom stereocenters. The van der Waals surface area contributed by atoms with Crippen molar-refractivity contribution in [2.24, 2.45) is 0 Å². The van der Waals surface area contributed by atoms with Gasteiger partial charge in [0.25, 0.3) is 0 Å². The van der Waals surface area contributed by atoms with Crippen molar-refractivity contribution in [2.45, 2.75) is 13.0 Å². The van der Waals surface area contributed by atoms with Crippen molar-refractivity contribution in [2.75, 3.05) is 6.61 Å². The van der Waals surface area contributed by atoms with Gasteiger partial charge in [0.1, 0.15) is 11.9 Å². The van der Waals surface area contributed by atoms with Crippen LogP contribution in [0.15, 0.2) is 48.5 Å². The van der Waals surface area contributed by atoms with Crippen molar-refractivity contribution < 1.29 is 19.7 Å². The van der Waals surface area contributed by atoms with Gasteiger partial charge in [0.2, 0.25) is 0 Å². The summed E-state index contributed by atoms with van der Waals surface area (Å²) >= 11 is 0. The lowest BCUT2D eigenvalue weighted by Crippen LogP contribution is -2.08. The van der Waals surface area contributed by atoms with Gasteiger partial charge in [-0.25, -0.2) is 4.79 Å². The van der Waals surface area contributed by atoms with Crippen LogP contribution < -0.4 is 4.74 Å². The molecule has 0 aliphatic rings. The van der Waals surface area contributed by atoms with Crippen LogP contribution in [0.4, 0.5) is 0 Å². The minimum Gasteiger partial charge on any atom is -0.494 e. The van der Waals surface area contributed by atoms with Gasteiger partial charge in [-0.15, -0.1) is 0 Å². The lowest BCUT2D eigenvalue weighted by molar-refractivity contribution is 0.0691. The van der Waals surface area contributed by atoms with Crippen LogP contribution in [0.3, 0.4) is 0 Å². The second-order valence-electron chi connectivity index (χ2n) is 4.30. The van der Waals surface area contributed by atoms with E-state index >= 15 is 0 Å². The number of aliphatic hydroxyl groups is 1. The molecule has 2 aromatic rings. The van der Waals surface area contributed by atoms with Gasteiger partial charge in [-0.3, -0.25) is 0 Å². The number of benzene rings is 2. The normalized spacial score (nSPS) is 11.9. The number of aliphatic hydroxyl groups excluding tert-OH is 1. The Kier molecular flexibility index (Phi) is 4.38. The summed E-state index contributed by atoms with van der Waals surface area (Å²) in [6.07, 6.45) is -0.974. The van der Waals surface area contributed by atoms with Crippen LogP contribution in [0.25, 0.3) is 0 Å². The van der Waals surface area contributed by atoms with E-state index in [0.717, 1.165) is 5.75 Å². The number of rotatable bonds is 5. The third-order valence-electron chi connectivity index (χ3n) is 2.99. The Hall–Kier alpha value is -2.33. The summed E-state index contributed by atoms with van der Waals surface area (Å²) < 4.78 is 5.33. The molecule has 4 heteroatoms. The molecule has 0 amide bonds. The molecule has 2 rings (SSSR count). The van der Waals surface area contributed by atoms with Gasteiger partial charge in [0, 0.05) is 0 Å². The monoisotopic (exact) mass is 272 g/mol. The number of hydrogen-bond donors (Lipinski definition) is 2. The van der Waals surface area contributed by atoms with Crippen LogP contribution in [0, 0.1) is 0 Å². The van der Waals surface area contributed by atoms with Crippen LogP contribution in [0.5, 0.6) is 5.75 Å². The minimum absolute atomic E-state index is 0.105. The first-order valence-electron chi connectivity index (χ1n) is 6.36. The van der Waals surface area contributed by atoms with Gasteiger partial charge in [0.15, 0.2) is 0 Å². The molecule has 0 bridgehead atoms.